The molecule has 0 amide bonds. The standard InChI is InChI=1S/C36H26.C30H22.CH4/c1-6-16-27(17-7-1)32-26-33(28-18-8-2-9-19-28)35(30-22-12-4-13-23-30)36(31-24-14-5-15-25-31)34(32)29-20-10-3-11-21-29;1-5-13-23(14-6-1)27-21-29(25-17-9-3-10-18-25)30(26-19-11-4-12-20-26)22-28(27)24-15-7-2-8-16-24;/h1-26H;1-22H;1H4. The second kappa shape index (κ2) is 20.9. The maximum absolute atomic E-state index is 2.39. The van der Waals surface area contributed by atoms with E-state index in [1.807, 2.05) is 0 Å². The highest BCUT2D eigenvalue weighted by atomic mass is 14.3. The van der Waals surface area contributed by atoms with Gasteiger partial charge in [-0.2, -0.15) is 0 Å². The van der Waals surface area contributed by atoms with Gasteiger partial charge in [0.2, 0.25) is 0 Å². The molecule has 0 saturated heterocycles. The molecule has 0 fully saturated rings. The summed E-state index contributed by atoms with van der Waals surface area (Å²) in [6, 6.07) is 104. The molecule has 0 heteroatoms. The molecule has 0 heterocycles. The highest BCUT2D eigenvalue weighted by Crippen LogP contribution is 2.50. The largest absolute Gasteiger partial charge is 0.0776 e. The summed E-state index contributed by atoms with van der Waals surface area (Å²) in [5.41, 5.74) is 22.2. The molecule has 0 unspecified atom stereocenters. The van der Waals surface area contributed by atoms with Crippen molar-refractivity contribution in [1.82, 2.24) is 0 Å². The lowest BCUT2D eigenvalue weighted by Gasteiger charge is -2.24. The third kappa shape index (κ3) is 9.62. The topological polar surface area (TPSA) is 0 Å². The van der Waals surface area contributed by atoms with Crippen molar-refractivity contribution in [3.63, 3.8) is 0 Å². The van der Waals surface area contributed by atoms with Crippen molar-refractivity contribution < 1.29 is 0 Å². The molecule has 0 radical (unpaired) electrons. The molecule has 0 aliphatic carbocycles. The SMILES string of the molecule is C.c1ccc(-c2cc(-c3ccccc3)c(-c3ccccc3)c(-c3ccccc3)c2-c2ccccc2)cc1.c1ccc(-c2cc(-c3ccccc3)c(-c3ccccc3)cc2-c2ccccc2)cc1. The molecule has 0 aromatic heterocycles. The second-order valence-electron chi connectivity index (χ2n) is 16.3. The zero-order chi connectivity index (χ0) is 44.3. The molecule has 11 aromatic rings. The van der Waals surface area contributed by atoms with Crippen LogP contribution in [0.15, 0.2) is 291 Å². The maximum Gasteiger partial charge on any atom is -0.00143 e. The first-order valence-corrected chi connectivity index (χ1v) is 22.7. The highest BCUT2D eigenvalue weighted by Gasteiger charge is 2.23. The van der Waals surface area contributed by atoms with Crippen LogP contribution in [0.1, 0.15) is 7.43 Å². The Morgan fingerprint density at radius 3 is 0.493 bits per heavy atom. The first-order valence-electron chi connectivity index (χ1n) is 22.7. The lowest BCUT2D eigenvalue weighted by atomic mass is 9.79. The molecule has 0 aliphatic heterocycles. The number of rotatable bonds is 9. The van der Waals surface area contributed by atoms with Crippen molar-refractivity contribution in [2.75, 3.05) is 0 Å². The van der Waals surface area contributed by atoms with Gasteiger partial charge in [0.1, 0.15) is 0 Å². The summed E-state index contributed by atoms with van der Waals surface area (Å²) in [6.07, 6.45) is 0. The zero-order valence-corrected chi connectivity index (χ0v) is 36.7. The van der Waals surface area contributed by atoms with Gasteiger partial charge in [-0.3, -0.25) is 0 Å². The van der Waals surface area contributed by atoms with Crippen LogP contribution in [0.3, 0.4) is 0 Å². The summed E-state index contributed by atoms with van der Waals surface area (Å²) in [7, 11) is 0. The van der Waals surface area contributed by atoms with Crippen molar-refractivity contribution in [1.29, 1.82) is 0 Å². The Labute approximate surface area is 396 Å². The van der Waals surface area contributed by atoms with Gasteiger partial charge in [0, 0.05) is 0 Å². The molecule has 0 nitrogen and oxygen atoms in total. The third-order valence-electron chi connectivity index (χ3n) is 12.2. The minimum absolute atomic E-state index is 0. The van der Waals surface area contributed by atoms with Gasteiger partial charge in [0.25, 0.3) is 0 Å². The van der Waals surface area contributed by atoms with Crippen LogP contribution in [0, 0.1) is 0 Å². The van der Waals surface area contributed by atoms with Crippen LogP contribution in [-0.2, 0) is 0 Å². The van der Waals surface area contributed by atoms with Crippen LogP contribution in [0.4, 0.5) is 0 Å². The first kappa shape index (κ1) is 43.7. The molecule has 0 N–H and O–H groups in total. The average molecular weight is 857 g/mol. The van der Waals surface area contributed by atoms with E-state index >= 15 is 0 Å². The Kier molecular flexibility index (Phi) is 13.6. The zero-order valence-electron chi connectivity index (χ0n) is 36.7. The molecule has 0 bridgehead atoms. The number of hydrogen-bond acceptors (Lipinski definition) is 0. The van der Waals surface area contributed by atoms with Gasteiger partial charge in [0.15, 0.2) is 0 Å². The van der Waals surface area contributed by atoms with Crippen LogP contribution in [-0.4, -0.2) is 0 Å². The van der Waals surface area contributed by atoms with E-state index in [2.05, 4.69) is 291 Å². The van der Waals surface area contributed by atoms with E-state index in [4.69, 9.17) is 0 Å². The summed E-state index contributed by atoms with van der Waals surface area (Å²) in [5.74, 6) is 0. The van der Waals surface area contributed by atoms with Gasteiger partial charge in [-0.05, 0) is 118 Å². The lowest BCUT2D eigenvalue weighted by Crippen LogP contribution is -1.98. The van der Waals surface area contributed by atoms with Gasteiger partial charge >= 0.3 is 0 Å². The summed E-state index contributed by atoms with van der Waals surface area (Å²) in [4.78, 5) is 0. The van der Waals surface area contributed by atoms with E-state index in [1.54, 1.807) is 0 Å². The van der Waals surface area contributed by atoms with E-state index in [0.29, 0.717) is 0 Å². The number of benzene rings is 11. The average Bonchev–Trinajstić information content (AvgIpc) is 3.42. The fourth-order valence-corrected chi connectivity index (χ4v) is 9.10. The van der Waals surface area contributed by atoms with Crippen LogP contribution in [0.5, 0.6) is 0 Å². The maximum atomic E-state index is 2.39. The molecule has 0 atom stereocenters. The van der Waals surface area contributed by atoms with E-state index in [-0.39, 0.29) is 7.43 Å². The highest BCUT2D eigenvalue weighted by molar-refractivity contribution is 6.07. The quantitative estimate of drug-likeness (QED) is 0.136. The van der Waals surface area contributed by atoms with Gasteiger partial charge < -0.3 is 0 Å². The van der Waals surface area contributed by atoms with E-state index in [9.17, 15) is 0 Å². The van der Waals surface area contributed by atoms with E-state index in [0.717, 1.165) is 0 Å². The Bertz CT molecular complexity index is 2960. The molecule has 320 valence electrons. The summed E-state index contributed by atoms with van der Waals surface area (Å²) in [6.45, 7) is 0. The molecule has 67 heavy (non-hydrogen) atoms. The Morgan fingerprint density at radius 1 is 0.134 bits per heavy atom. The molecular formula is C67H52. The molecule has 0 spiro atoms. The second-order valence-corrected chi connectivity index (χ2v) is 16.3. The summed E-state index contributed by atoms with van der Waals surface area (Å²) >= 11 is 0. The fourth-order valence-electron chi connectivity index (χ4n) is 9.10. The van der Waals surface area contributed by atoms with Crippen LogP contribution in [0.2, 0.25) is 0 Å². The van der Waals surface area contributed by atoms with E-state index < -0.39 is 0 Å². The van der Waals surface area contributed by atoms with Crippen molar-refractivity contribution in [3.8, 4) is 100 Å². The fraction of sp³-hybridized carbons (Fsp3) is 0.0149. The summed E-state index contributed by atoms with van der Waals surface area (Å²) in [5, 5.41) is 0. The molecular weight excluding hydrogens is 805 g/mol. The lowest BCUT2D eigenvalue weighted by molar-refractivity contribution is 1.53. The number of hydrogen-bond donors (Lipinski definition) is 0. The minimum Gasteiger partial charge on any atom is -0.0776 e. The summed E-state index contributed by atoms with van der Waals surface area (Å²) < 4.78 is 0. The first-order chi connectivity index (χ1) is 32.8. The molecule has 0 saturated carbocycles. The smallest absolute Gasteiger partial charge is 0.00143 e. The van der Waals surface area contributed by atoms with Crippen LogP contribution >= 0.6 is 0 Å². The normalized spacial score (nSPS) is 10.6. The Hall–Kier alpha value is -8.58. The molecule has 11 rings (SSSR count). The van der Waals surface area contributed by atoms with Crippen molar-refractivity contribution in [2.45, 2.75) is 7.43 Å². The van der Waals surface area contributed by atoms with E-state index in [1.165, 1.54) is 100 Å². The van der Waals surface area contributed by atoms with Gasteiger partial charge in [-0.1, -0.05) is 280 Å². The Morgan fingerprint density at radius 2 is 0.284 bits per heavy atom. The predicted molar refractivity (Wildman–Crippen MR) is 289 cm³/mol. The van der Waals surface area contributed by atoms with Gasteiger partial charge in [-0.25, -0.2) is 0 Å². The predicted octanol–water partition coefficient (Wildman–Crippen LogP) is 19.0. The minimum atomic E-state index is 0. The molecule has 0 aliphatic rings. The third-order valence-corrected chi connectivity index (χ3v) is 12.2. The van der Waals surface area contributed by atoms with Crippen molar-refractivity contribution in [2.24, 2.45) is 0 Å². The van der Waals surface area contributed by atoms with Gasteiger partial charge in [0.05, 0.1) is 0 Å². The van der Waals surface area contributed by atoms with Gasteiger partial charge in [-0.15, -0.1) is 0 Å². The monoisotopic (exact) mass is 856 g/mol. The van der Waals surface area contributed by atoms with Crippen LogP contribution < -0.4 is 0 Å². The molecule has 11 aromatic carbocycles. The van der Waals surface area contributed by atoms with Crippen LogP contribution in [0.25, 0.3) is 100 Å². The van der Waals surface area contributed by atoms with Crippen molar-refractivity contribution in [3.05, 3.63) is 291 Å². The Balaban J connectivity index is 0.000000168. The van der Waals surface area contributed by atoms with Crippen molar-refractivity contribution >= 4 is 0 Å².